The predicted molar refractivity (Wildman–Crippen MR) is 74.7 cm³/mol. The van der Waals surface area contributed by atoms with E-state index in [1.165, 1.54) is 31.2 Å². The third kappa shape index (κ3) is 3.64. The zero-order chi connectivity index (χ0) is 15.5. The highest BCUT2D eigenvalue weighted by atomic mass is 32.2. The van der Waals surface area contributed by atoms with Crippen LogP contribution in [0.2, 0.25) is 0 Å². The number of nitrogens with zero attached hydrogens (tertiary/aromatic N) is 1. The summed E-state index contributed by atoms with van der Waals surface area (Å²) in [6, 6.07) is 5.29. The molecule has 110 valence electrons. The lowest BCUT2D eigenvalue weighted by atomic mass is 10.2. The minimum atomic E-state index is -3.87. The fourth-order valence-electron chi connectivity index (χ4n) is 1.71. The number of rotatable bonds is 6. The fourth-order valence-corrected chi connectivity index (χ4v) is 3.36. The van der Waals surface area contributed by atoms with Crippen LogP contribution in [0.3, 0.4) is 0 Å². The minimum absolute atomic E-state index is 0.0276. The number of nitrogens with two attached hydrogens (primary N) is 1. The predicted octanol–water partition coefficient (Wildman–Crippen LogP) is 0.774. The molecule has 1 aromatic carbocycles. The molecule has 0 spiro atoms. The van der Waals surface area contributed by atoms with Crippen LogP contribution in [-0.2, 0) is 14.8 Å². The van der Waals surface area contributed by atoms with Gasteiger partial charge >= 0.3 is 0 Å². The molecule has 20 heavy (non-hydrogen) atoms. The second-order valence-electron chi connectivity index (χ2n) is 4.69. The quantitative estimate of drug-likeness (QED) is 0.784. The van der Waals surface area contributed by atoms with Gasteiger partial charge in [-0.3, -0.25) is 9.59 Å². The Morgan fingerprint density at radius 1 is 1.30 bits per heavy atom. The average Bonchev–Trinajstić information content (AvgIpc) is 2.35. The number of hydrogen-bond acceptors (Lipinski definition) is 4. The number of primary amides is 1. The van der Waals surface area contributed by atoms with Crippen LogP contribution in [0.1, 0.15) is 31.1 Å². The van der Waals surface area contributed by atoms with Crippen molar-refractivity contribution in [3.63, 3.8) is 0 Å². The first kappa shape index (κ1) is 16.3. The number of ketones is 1. The second kappa shape index (κ2) is 6.15. The zero-order valence-corrected chi connectivity index (χ0v) is 12.5. The molecule has 0 atom stereocenters. The van der Waals surface area contributed by atoms with E-state index in [0.717, 1.165) is 4.31 Å². The van der Waals surface area contributed by atoms with Gasteiger partial charge in [0.1, 0.15) is 0 Å². The van der Waals surface area contributed by atoms with Crippen LogP contribution in [0.25, 0.3) is 0 Å². The van der Waals surface area contributed by atoms with Crippen LogP contribution >= 0.6 is 0 Å². The third-order valence-electron chi connectivity index (χ3n) is 2.73. The Balaban J connectivity index is 3.29. The summed E-state index contributed by atoms with van der Waals surface area (Å²) in [6.45, 7) is 4.25. The maximum Gasteiger partial charge on any atom is 0.243 e. The summed E-state index contributed by atoms with van der Waals surface area (Å²) in [4.78, 5) is 22.3. The van der Waals surface area contributed by atoms with Gasteiger partial charge in [-0.1, -0.05) is 12.1 Å². The lowest BCUT2D eigenvalue weighted by Gasteiger charge is -2.24. The number of amides is 1. The van der Waals surface area contributed by atoms with Crippen molar-refractivity contribution < 1.29 is 18.0 Å². The van der Waals surface area contributed by atoms with Gasteiger partial charge in [-0.2, -0.15) is 4.31 Å². The van der Waals surface area contributed by atoms with Crippen molar-refractivity contribution in [2.45, 2.75) is 31.7 Å². The molecule has 0 saturated heterocycles. The van der Waals surface area contributed by atoms with Crippen molar-refractivity contribution in [3.05, 3.63) is 29.8 Å². The van der Waals surface area contributed by atoms with Crippen LogP contribution in [0.15, 0.2) is 29.2 Å². The molecule has 0 radical (unpaired) electrons. The van der Waals surface area contributed by atoms with Gasteiger partial charge in [0.25, 0.3) is 0 Å². The van der Waals surface area contributed by atoms with E-state index >= 15 is 0 Å². The highest BCUT2D eigenvalue weighted by molar-refractivity contribution is 7.89. The van der Waals surface area contributed by atoms with Gasteiger partial charge in [-0.25, -0.2) is 8.42 Å². The Morgan fingerprint density at radius 2 is 1.90 bits per heavy atom. The van der Waals surface area contributed by atoms with Gasteiger partial charge in [-0.15, -0.1) is 0 Å². The Kier molecular flexibility index (Phi) is 5.02. The molecule has 2 N–H and O–H groups in total. The van der Waals surface area contributed by atoms with E-state index in [0.29, 0.717) is 5.56 Å². The molecule has 0 heterocycles. The molecule has 7 heteroatoms. The zero-order valence-electron chi connectivity index (χ0n) is 11.7. The maximum absolute atomic E-state index is 12.5. The third-order valence-corrected chi connectivity index (χ3v) is 4.75. The lowest BCUT2D eigenvalue weighted by Crippen LogP contribution is -2.42. The van der Waals surface area contributed by atoms with E-state index in [1.807, 2.05) is 0 Å². The highest BCUT2D eigenvalue weighted by Gasteiger charge is 2.28. The number of hydrogen-bond donors (Lipinski definition) is 1. The van der Waals surface area contributed by atoms with Crippen LogP contribution in [-0.4, -0.2) is 37.0 Å². The molecule has 0 fully saturated rings. The van der Waals surface area contributed by atoms with E-state index in [2.05, 4.69) is 0 Å². The lowest BCUT2D eigenvalue weighted by molar-refractivity contribution is -0.118. The molecule has 1 aromatic rings. The summed E-state index contributed by atoms with van der Waals surface area (Å²) >= 11 is 0. The van der Waals surface area contributed by atoms with E-state index in [-0.39, 0.29) is 10.7 Å². The summed E-state index contributed by atoms with van der Waals surface area (Å²) in [5.74, 6) is -0.960. The molecule has 0 aliphatic heterocycles. The average molecular weight is 298 g/mol. The molecule has 0 aliphatic carbocycles. The van der Waals surface area contributed by atoms with Crippen molar-refractivity contribution in [2.24, 2.45) is 5.73 Å². The molecule has 0 aromatic heterocycles. The summed E-state index contributed by atoms with van der Waals surface area (Å²) < 4.78 is 26.0. The normalized spacial score (nSPS) is 11.8. The maximum atomic E-state index is 12.5. The van der Waals surface area contributed by atoms with Crippen LogP contribution in [0.5, 0.6) is 0 Å². The molecule has 1 rings (SSSR count). The van der Waals surface area contributed by atoms with Gasteiger partial charge in [-0.05, 0) is 32.9 Å². The number of benzene rings is 1. The van der Waals surface area contributed by atoms with Crippen molar-refractivity contribution in [3.8, 4) is 0 Å². The second-order valence-corrected chi connectivity index (χ2v) is 6.58. The summed E-state index contributed by atoms with van der Waals surface area (Å²) in [6.07, 6.45) is 0. The molecule has 0 unspecified atom stereocenters. The summed E-state index contributed by atoms with van der Waals surface area (Å²) in [5.41, 5.74) is 5.38. The Hall–Kier alpha value is -1.73. The molecular weight excluding hydrogens is 280 g/mol. The summed E-state index contributed by atoms with van der Waals surface area (Å²) in [7, 11) is -3.87. The van der Waals surface area contributed by atoms with Crippen LogP contribution in [0, 0.1) is 0 Å². The van der Waals surface area contributed by atoms with Crippen molar-refractivity contribution in [1.82, 2.24) is 4.31 Å². The number of sulfonamides is 1. The smallest absolute Gasteiger partial charge is 0.243 e. The Morgan fingerprint density at radius 3 is 2.35 bits per heavy atom. The monoisotopic (exact) mass is 298 g/mol. The highest BCUT2D eigenvalue weighted by Crippen LogP contribution is 2.19. The number of carbonyl (C=O) groups is 2. The number of carbonyl (C=O) groups excluding carboxylic acids is 2. The van der Waals surface area contributed by atoms with E-state index < -0.39 is 28.5 Å². The summed E-state index contributed by atoms with van der Waals surface area (Å²) in [5, 5.41) is 0. The van der Waals surface area contributed by atoms with Gasteiger partial charge in [0.15, 0.2) is 5.78 Å². The molecule has 0 aliphatic rings. The topological polar surface area (TPSA) is 97.5 Å². The minimum Gasteiger partial charge on any atom is -0.369 e. The van der Waals surface area contributed by atoms with Gasteiger partial charge in [0.05, 0.1) is 11.4 Å². The standard InChI is InChI=1S/C13H18N2O4S/c1-9(2)15(8-13(14)17)20(18,19)12-6-4-5-11(7-12)10(3)16/h4-7,9H,8H2,1-3H3,(H2,14,17). The van der Waals surface area contributed by atoms with E-state index in [4.69, 9.17) is 5.73 Å². The van der Waals surface area contributed by atoms with E-state index in [1.54, 1.807) is 13.8 Å². The molecule has 0 saturated carbocycles. The molecule has 6 nitrogen and oxygen atoms in total. The van der Waals surface area contributed by atoms with Crippen molar-refractivity contribution in [2.75, 3.05) is 6.54 Å². The van der Waals surface area contributed by atoms with Crippen LogP contribution < -0.4 is 5.73 Å². The van der Waals surface area contributed by atoms with Crippen molar-refractivity contribution >= 4 is 21.7 Å². The van der Waals surface area contributed by atoms with Gasteiger partial charge in [0.2, 0.25) is 15.9 Å². The first-order valence-corrected chi connectivity index (χ1v) is 7.51. The largest absolute Gasteiger partial charge is 0.369 e. The first-order chi connectivity index (χ1) is 9.16. The SMILES string of the molecule is CC(=O)c1cccc(S(=O)(=O)N(CC(N)=O)C(C)C)c1. The molecule has 1 amide bonds. The van der Waals surface area contributed by atoms with Gasteiger partial charge in [0, 0.05) is 11.6 Å². The Labute approximate surface area is 118 Å². The molecule has 0 bridgehead atoms. The van der Waals surface area contributed by atoms with E-state index in [9.17, 15) is 18.0 Å². The van der Waals surface area contributed by atoms with Crippen molar-refractivity contribution in [1.29, 1.82) is 0 Å². The number of Topliss-reactive ketones (excluding diaryl/α,β-unsaturated/α-hetero) is 1. The van der Waals surface area contributed by atoms with Gasteiger partial charge < -0.3 is 5.73 Å². The Bertz CT molecular complexity index is 623. The molecular formula is C13H18N2O4S. The fraction of sp³-hybridized carbons (Fsp3) is 0.385. The first-order valence-electron chi connectivity index (χ1n) is 6.07. The van der Waals surface area contributed by atoms with Crippen LogP contribution in [0.4, 0.5) is 0 Å².